The summed E-state index contributed by atoms with van der Waals surface area (Å²) in [5.74, 6) is 0.485. The average Bonchev–Trinajstić information content (AvgIpc) is 2.46. The van der Waals surface area contributed by atoms with Crippen LogP contribution in [-0.2, 0) is 0 Å². The van der Waals surface area contributed by atoms with Crippen LogP contribution in [0.2, 0.25) is 0 Å². The number of nitrogens with one attached hydrogen (secondary N) is 2. The molecule has 62 valence electrons. The number of rotatable bonds is 1. The summed E-state index contributed by atoms with van der Waals surface area (Å²) >= 11 is 0. The molecule has 2 rings (SSSR count). The van der Waals surface area contributed by atoms with Crippen molar-refractivity contribution in [1.29, 1.82) is 0 Å². The Hall–Kier alpha value is -1.58. The predicted molar refractivity (Wildman–Crippen MR) is 45.6 cm³/mol. The number of benzene rings is 1. The van der Waals surface area contributed by atoms with Gasteiger partial charge >= 0.3 is 0 Å². The summed E-state index contributed by atoms with van der Waals surface area (Å²) < 4.78 is 12.7. The Balaban J connectivity index is 2.73. The number of aromatic amines is 1. The molecule has 0 aliphatic carbocycles. The minimum Gasteiger partial charge on any atom is -0.371 e. The van der Waals surface area contributed by atoms with E-state index in [0.717, 1.165) is 11.2 Å². The zero-order valence-corrected chi connectivity index (χ0v) is 6.56. The molecule has 0 fully saturated rings. The molecule has 12 heavy (non-hydrogen) atoms. The highest BCUT2D eigenvalue weighted by atomic mass is 19.1. The third-order valence-corrected chi connectivity index (χ3v) is 1.76. The highest BCUT2D eigenvalue weighted by Gasteiger charge is 2.03. The molecule has 0 saturated heterocycles. The van der Waals surface area contributed by atoms with E-state index in [1.165, 1.54) is 12.1 Å². The molecule has 1 aromatic heterocycles. The van der Waals surface area contributed by atoms with E-state index >= 15 is 0 Å². The zero-order valence-electron chi connectivity index (χ0n) is 6.56. The van der Waals surface area contributed by atoms with E-state index in [9.17, 15) is 4.39 Å². The highest BCUT2D eigenvalue weighted by molar-refractivity contribution is 5.89. The molecule has 0 unspecified atom stereocenters. The number of nitrogens with zero attached hydrogens (tertiary/aromatic N) is 1. The quantitative estimate of drug-likeness (QED) is 0.675. The minimum atomic E-state index is -0.256. The molecule has 0 saturated carbocycles. The first-order valence-electron chi connectivity index (χ1n) is 3.62. The maximum Gasteiger partial charge on any atom is 0.155 e. The van der Waals surface area contributed by atoms with Crippen LogP contribution in [0.1, 0.15) is 0 Å². The molecule has 0 atom stereocenters. The predicted octanol–water partition coefficient (Wildman–Crippen LogP) is 1.74. The summed E-state index contributed by atoms with van der Waals surface area (Å²) in [6.07, 6.45) is 0. The second kappa shape index (κ2) is 2.48. The van der Waals surface area contributed by atoms with Crippen LogP contribution < -0.4 is 5.32 Å². The van der Waals surface area contributed by atoms with Crippen LogP contribution in [0.25, 0.3) is 10.9 Å². The first-order valence-corrected chi connectivity index (χ1v) is 3.62. The lowest BCUT2D eigenvalue weighted by molar-refractivity contribution is 0.629. The van der Waals surface area contributed by atoms with Gasteiger partial charge in [0.15, 0.2) is 5.82 Å². The third-order valence-electron chi connectivity index (χ3n) is 1.76. The van der Waals surface area contributed by atoms with Crippen molar-refractivity contribution in [2.45, 2.75) is 0 Å². The largest absolute Gasteiger partial charge is 0.371 e. The van der Waals surface area contributed by atoms with E-state index in [-0.39, 0.29) is 5.82 Å². The number of aromatic nitrogens is 2. The van der Waals surface area contributed by atoms with Gasteiger partial charge in [0.1, 0.15) is 5.82 Å². The van der Waals surface area contributed by atoms with E-state index in [4.69, 9.17) is 0 Å². The lowest BCUT2D eigenvalue weighted by Crippen LogP contribution is -1.87. The van der Waals surface area contributed by atoms with Crippen LogP contribution in [0.4, 0.5) is 10.2 Å². The van der Waals surface area contributed by atoms with E-state index in [2.05, 4.69) is 15.5 Å². The maximum absolute atomic E-state index is 12.7. The Labute approximate surface area is 68.6 Å². The standard InChI is InChI=1S/C8H8FN3/c1-10-8-6-3-2-5(9)4-7(6)11-12-8/h2-4H,1H3,(H2,10,11,12). The van der Waals surface area contributed by atoms with Crippen molar-refractivity contribution in [1.82, 2.24) is 10.2 Å². The Bertz CT molecular complexity index is 408. The first kappa shape index (κ1) is 7.09. The topological polar surface area (TPSA) is 40.7 Å². The van der Waals surface area contributed by atoms with Crippen molar-refractivity contribution in [2.75, 3.05) is 12.4 Å². The average molecular weight is 165 g/mol. The van der Waals surface area contributed by atoms with Crippen LogP contribution in [0.3, 0.4) is 0 Å². The van der Waals surface area contributed by atoms with E-state index in [1.54, 1.807) is 13.1 Å². The lowest BCUT2D eigenvalue weighted by atomic mass is 10.2. The zero-order chi connectivity index (χ0) is 8.55. The van der Waals surface area contributed by atoms with Gasteiger partial charge in [0.05, 0.1) is 5.52 Å². The molecule has 0 amide bonds. The van der Waals surface area contributed by atoms with Crippen LogP contribution >= 0.6 is 0 Å². The molecular weight excluding hydrogens is 157 g/mol. The van der Waals surface area contributed by atoms with Gasteiger partial charge in [-0.25, -0.2) is 4.39 Å². The van der Waals surface area contributed by atoms with Crippen molar-refractivity contribution < 1.29 is 4.39 Å². The number of hydrogen-bond acceptors (Lipinski definition) is 2. The van der Waals surface area contributed by atoms with E-state index in [0.29, 0.717) is 5.52 Å². The third kappa shape index (κ3) is 0.922. The summed E-state index contributed by atoms with van der Waals surface area (Å²) in [7, 11) is 1.78. The Kier molecular flexibility index (Phi) is 1.46. The van der Waals surface area contributed by atoms with Gasteiger partial charge in [0.2, 0.25) is 0 Å². The summed E-state index contributed by atoms with van der Waals surface area (Å²) in [5.41, 5.74) is 0.708. The van der Waals surface area contributed by atoms with E-state index < -0.39 is 0 Å². The Morgan fingerprint density at radius 1 is 1.50 bits per heavy atom. The first-order chi connectivity index (χ1) is 5.81. The van der Waals surface area contributed by atoms with Gasteiger partial charge in [0.25, 0.3) is 0 Å². The lowest BCUT2D eigenvalue weighted by Gasteiger charge is -1.92. The number of hydrogen-bond donors (Lipinski definition) is 2. The number of fused-ring (bicyclic) bond motifs is 1. The fourth-order valence-electron chi connectivity index (χ4n) is 1.18. The molecule has 0 bridgehead atoms. The van der Waals surface area contributed by atoms with Crippen LogP contribution in [0, 0.1) is 5.82 Å². The molecule has 2 aromatic rings. The Morgan fingerprint density at radius 3 is 3.08 bits per heavy atom. The summed E-state index contributed by atoms with van der Waals surface area (Å²) in [6, 6.07) is 4.53. The Morgan fingerprint density at radius 2 is 2.33 bits per heavy atom. The molecule has 0 aliphatic heterocycles. The van der Waals surface area contributed by atoms with Gasteiger partial charge in [-0.2, -0.15) is 5.10 Å². The van der Waals surface area contributed by atoms with Crippen LogP contribution in [-0.4, -0.2) is 17.2 Å². The fourth-order valence-corrected chi connectivity index (χ4v) is 1.18. The molecule has 0 aliphatic rings. The summed E-state index contributed by atoms with van der Waals surface area (Å²) in [6.45, 7) is 0. The molecule has 3 nitrogen and oxygen atoms in total. The molecule has 1 aromatic carbocycles. The molecular formula is C8H8FN3. The monoisotopic (exact) mass is 165 g/mol. The van der Waals surface area contributed by atoms with Crippen molar-refractivity contribution in [3.63, 3.8) is 0 Å². The van der Waals surface area contributed by atoms with E-state index in [1.807, 2.05) is 0 Å². The molecule has 2 N–H and O–H groups in total. The van der Waals surface area contributed by atoms with Crippen molar-refractivity contribution in [3.05, 3.63) is 24.0 Å². The number of H-pyrrole nitrogens is 1. The van der Waals surface area contributed by atoms with Crippen molar-refractivity contribution >= 4 is 16.7 Å². The smallest absolute Gasteiger partial charge is 0.155 e. The normalized spacial score (nSPS) is 10.5. The molecule has 1 heterocycles. The van der Waals surface area contributed by atoms with Gasteiger partial charge in [0, 0.05) is 12.4 Å². The fraction of sp³-hybridized carbons (Fsp3) is 0.125. The number of anilines is 1. The minimum absolute atomic E-state index is 0.256. The molecule has 0 spiro atoms. The second-order valence-electron chi connectivity index (χ2n) is 2.51. The maximum atomic E-state index is 12.7. The second-order valence-corrected chi connectivity index (χ2v) is 2.51. The van der Waals surface area contributed by atoms with Crippen LogP contribution in [0.15, 0.2) is 18.2 Å². The van der Waals surface area contributed by atoms with Gasteiger partial charge in [-0.05, 0) is 18.2 Å². The highest BCUT2D eigenvalue weighted by Crippen LogP contribution is 2.19. The van der Waals surface area contributed by atoms with Crippen molar-refractivity contribution in [3.8, 4) is 0 Å². The molecule has 0 radical (unpaired) electrons. The van der Waals surface area contributed by atoms with Crippen LogP contribution in [0.5, 0.6) is 0 Å². The van der Waals surface area contributed by atoms with Gasteiger partial charge in [-0.15, -0.1) is 0 Å². The van der Waals surface area contributed by atoms with Gasteiger partial charge in [-0.3, -0.25) is 5.10 Å². The SMILES string of the molecule is CNc1n[nH]c2cc(F)ccc12. The van der Waals surface area contributed by atoms with Crippen molar-refractivity contribution in [2.24, 2.45) is 0 Å². The summed E-state index contributed by atoms with van der Waals surface area (Å²) in [4.78, 5) is 0. The number of halogens is 1. The molecule has 4 heteroatoms. The van der Waals surface area contributed by atoms with Gasteiger partial charge in [-0.1, -0.05) is 0 Å². The van der Waals surface area contributed by atoms with Gasteiger partial charge < -0.3 is 5.32 Å². The summed E-state index contributed by atoms with van der Waals surface area (Å²) in [5, 5.41) is 10.5.